The van der Waals surface area contributed by atoms with Crippen molar-refractivity contribution >= 4 is 19.8 Å². The Morgan fingerprint density at radius 2 is 1.05 bits per heavy atom. The highest BCUT2D eigenvalue weighted by Crippen LogP contribution is 2.38. The predicted octanol–water partition coefficient (Wildman–Crippen LogP) is 11.6. The molecule has 0 aliphatic heterocycles. The highest BCUT2D eigenvalue weighted by Gasteiger charge is 2.21. The Morgan fingerprint density at radius 3 is 1.65 bits per heavy atom. The highest BCUT2D eigenvalue weighted by atomic mass is 31.2. The number of ether oxygens (including phenoxy) is 2. The van der Waals surface area contributed by atoms with E-state index in [1.54, 1.807) is 0 Å². The normalized spacial score (nSPS) is 14.6. The number of unbranched alkanes of at least 4 members (excludes halogenated alkanes) is 11. The van der Waals surface area contributed by atoms with Gasteiger partial charge in [-0.1, -0.05) is 162 Å². The fourth-order valence-corrected chi connectivity index (χ4v) is 5.90. The van der Waals surface area contributed by atoms with Crippen LogP contribution in [0.25, 0.3) is 0 Å². The third-order valence-corrected chi connectivity index (χ3v) is 9.44. The molecule has 0 aliphatic rings. The first-order valence-corrected chi connectivity index (χ1v) is 23.0. The fraction of sp³-hybridized carbons (Fsp3) is 0.617. The molecular weight excluding hydrogens is 737 g/mol. The van der Waals surface area contributed by atoms with Gasteiger partial charge in [0.1, 0.15) is 19.8 Å². The average molecular weight is 816 g/mol. The van der Waals surface area contributed by atoms with Crippen molar-refractivity contribution in [2.75, 3.05) is 47.5 Å². The van der Waals surface area contributed by atoms with E-state index in [2.05, 4.69) is 56.4 Å². The summed E-state index contributed by atoms with van der Waals surface area (Å²) in [6.45, 7) is 3.85. The molecule has 57 heavy (non-hydrogen) atoms. The zero-order chi connectivity index (χ0) is 42.1. The van der Waals surface area contributed by atoms with Crippen LogP contribution in [0.15, 0.2) is 97.2 Å². The monoisotopic (exact) mass is 816 g/mol. The lowest BCUT2D eigenvalue weighted by atomic mass is 10.1. The number of phosphoric ester groups is 1. The Kier molecular flexibility index (Phi) is 36.4. The van der Waals surface area contributed by atoms with E-state index in [1.807, 2.05) is 75.8 Å². The number of carbonyl (C=O) groups is 2. The Balaban J connectivity index is 4.42. The molecule has 0 amide bonds. The van der Waals surface area contributed by atoms with Crippen molar-refractivity contribution in [2.45, 2.75) is 142 Å². The van der Waals surface area contributed by atoms with Gasteiger partial charge in [-0.3, -0.25) is 14.2 Å². The zero-order valence-corrected chi connectivity index (χ0v) is 37.1. The first-order valence-electron chi connectivity index (χ1n) is 21.5. The van der Waals surface area contributed by atoms with Crippen molar-refractivity contribution in [3.8, 4) is 0 Å². The van der Waals surface area contributed by atoms with Crippen molar-refractivity contribution in [1.29, 1.82) is 0 Å². The van der Waals surface area contributed by atoms with Crippen LogP contribution in [0.4, 0.5) is 0 Å². The molecule has 0 aromatic rings. The van der Waals surface area contributed by atoms with Gasteiger partial charge in [-0.15, -0.1) is 0 Å². The molecular formula is C47H78NO8P. The number of rotatable bonds is 37. The molecule has 0 fully saturated rings. The first kappa shape index (κ1) is 53.9. The molecule has 324 valence electrons. The van der Waals surface area contributed by atoms with Crippen LogP contribution in [0.1, 0.15) is 136 Å². The van der Waals surface area contributed by atoms with Crippen LogP contribution in [-0.2, 0) is 32.7 Å². The first-order chi connectivity index (χ1) is 27.5. The van der Waals surface area contributed by atoms with E-state index in [0.29, 0.717) is 30.3 Å². The van der Waals surface area contributed by atoms with Crippen LogP contribution in [-0.4, -0.2) is 70.0 Å². The summed E-state index contributed by atoms with van der Waals surface area (Å²) in [5, 5.41) is 0. The smallest absolute Gasteiger partial charge is 0.306 e. The van der Waals surface area contributed by atoms with Crippen LogP contribution in [0.5, 0.6) is 0 Å². The number of esters is 2. The molecule has 0 aromatic heterocycles. The van der Waals surface area contributed by atoms with Crippen molar-refractivity contribution in [3.63, 3.8) is 0 Å². The number of allylic oxidation sites excluding steroid dienone is 16. The lowest BCUT2D eigenvalue weighted by Crippen LogP contribution is -2.37. The van der Waals surface area contributed by atoms with Gasteiger partial charge in [0.2, 0.25) is 0 Å². The van der Waals surface area contributed by atoms with Crippen molar-refractivity contribution in [2.24, 2.45) is 0 Å². The summed E-state index contributed by atoms with van der Waals surface area (Å²) in [6.07, 6.45) is 50.2. The number of nitrogens with zero attached hydrogens (tertiary/aromatic N) is 1. The van der Waals surface area contributed by atoms with Gasteiger partial charge in [-0.25, -0.2) is 0 Å². The van der Waals surface area contributed by atoms with E-state index in [1.165, 1.54) is 38.5 Å². The number of likely N-dealkylation sites (N-methyl/N-ethyl adjacent to an activating group) is 1. The summed E-state index contributed by atoms with van der Waals surface area (Å²) < 4.78 is 33.8. The van der Waals surface area contributed by atoms with Crippen LogP contribution in [0.2, 0.25) is 0 Å². The molecule has 2 unspecified atom stereocenters. The van der Waals surface area contributed by atoms with E-state index in [-0.39, 0.29) is 26.1 Å². The molecule has 2 atom stereocenters. The zero-order valence-electron chi connectivity index (χ0n) is 36.2. The highest BCUT2D eigenvalue weighted by molar-refractivity contribution is 7.45. The number of hydrogen-bond acceptors (Lipinski definition) is 8. The minimum Gasteiger partial charge on any atom is -0.756 e. The van der Waals surface area contributed by atoms with Crippen molar-refractivity contribution in [3.05, 3.63) is 97.2 Å². The third kappa shape index (κ3) is 42.4. The summed E-state index contributed by atoms with van der Waals surface area (Å²) in [4.78, 5) is 37.5. The topological polar surface area (TPSA) is 111 Å². The quantitative estimate of drug-likeness (QED) is 0.0152. The van der Waals surface area contributed by atoms with E-state index >= 15 is 0 Å². The van der Waals surface area contributed by atoms with Gasteiger partial charge < -0.3 is 27.9 Å². The van der Waals surface area contributed by atoms with Gasteiger partial charge in [0, 0.05) is 12.8 Å². The maximum atomic E-state index is 12.6. The fourth-order valence-electron chi connectivity index (χ4n) is 5.17. The van der Waals surface area contributed by atoms with Gasteiger partial charge in [0.05, 0.1) is 27.7 Å². The molecule has 0 saturated heterocycles. The second kappa shape index (κ2) is 38.4. The van der Waals surface area contributed by atoms with E-state index in [4.69, 9.17) is 18.5 Å². The van der Waals surface area contributed by atoms with E-state index < -0.39 is 32.5 Å². The van der Waals surface area contributed by atoms with Gasteiger partial charge in [0.25, 0.3) is 7.82 Å². The summed E-state index contributed by atoms with van der Waals surface area (Å²) in [5.41, 5.74) is 0. The molecule has 0 aromatic carbocycles. The maximum absolute atomic E-state index is 12.6. The second-order valence-corrected chi connectivity index (χ2v) is 16.5. The summed E-state index contributed by atoms with van der Waals surface area (Å²) in [7, 11) is 1.10. The summed E-state index contributed by atoms with van der Waals surface area (Å²) in [5.74, 6) is -0.936. The average Bonchev–Trinajstić information content (AvgIpc) is 3.16. The lowest BCUT2D eigenvalue weighted by Gasteiger charge is -2.28. The maximum Gasteiger partial charge on any atom is 0.306 e. The molecule has 9 nitrogen and oxygen atoms in total. The number of phosphoric acid groups is 1. The van der Waals surface area contributed by atoms with Gasteiger partial charge in [0.15, 0.2) is 6.10 Å². The SMILES string of the molecule is CC/C=C/C=C/C=C/C=C/C=C/CCCC(=O)OC(COC(=O)CCCCCCCCCCCC/C=C/C/C=C/C/C=C/CC)COP(=O)([O-])OCC[N+](C)(C)C. The standard InChI is InChI=1S/C47H78NO8P/c1-6-8-10-12-14-16-18-20-21-22-23-24-25-26-28-29-31-33-35-37-39-46(49)53-43-45(44-55-57(51,52)54-42-41-48(3,4)5)56-47(50)40-38-36-34-32-30-27-19-17-15-13-11-9-7-2/h8-11,13-17,19-21,27,30,32,34,45H,6-7,12,18,22-26,28-29,31,33,35-44H2,1-5H3/b10-8+,11-9+,15-13+,16-14+,19-17+,21-20+,30-27+,34-32+. The van der Waals surface area contributed by atoms with Crippen LogP contribution < -0.4 is 4.89 Å². The molecule has 0 radical (unpaired) electrons. The Labute approximate surface area is 347 Å². The molecule has 0 rings (SSSR count). The predicted molar refractivity (Wildman–Crippen MR) is 235 cm³/mol. The summed E-state index contributed by atoms with van der Waals surface area (Å²) >= 11 is 0. The second-order valence-electron chi connectivity index (χ2n) is 15.1. The lowest BCUT2D eigenvalue weighted by molar-refractivity contribution is -0.870. The Morgan fingerprint density at radius 1 is 0.561 bits per heavy atom. The number of hydrogen-bond donors (Lipinski definition) is 0. The molecule has 0 spiro atoms. The van der Waals surface area contributed by atoms with Gasteiger partial charge in [-0.05, 0) is 57.8 Å². The van der Waals surface area contributed by atoms with Gasteiger partial charge in [-0.2, -0.15) is 0 Å². The number of carbonyl (C=O) groups excluding carboxylic acids is 2. The molecule has 10 heteroatoms. The minimum absolute atomic E-state index is 0.0505. The van der Waals surface area contributed by atoms with Crippen LogP contribution >= 0.6 is 7.82 Å². The minimum atomic E-state index is -4.65. The van der Waals surface area contributed by atoms with E-state index in [9.17, 15) is 19.0 Å². The van der Waals surface area contributed by atoms with Gasteiger partial charge >= 0.3 is 11.9 Å². The Bertz CT molecular complexity index is 1290. The van der Waals surface area contributed by atoms with Crippen LogP contribution in [0.3, 0.4) is 0 Å². The van der Waals surface area contributed by atoms with Crippen molar-refractivity contribution in [1.82, 2.24) is 0 Å². The molecule has 0 bridgehead atoms. The summed E-state index contributed by atoms with van der Waals surface area (Å²) in [6, 6.07) is 0. The Hall–Kier alpha value is -3.07. The molecule has 0 heterocycles. The van der Waals surface area contributed by atoms with Crippen LogP contribution in [0, 0.1) is 0 Å². The molecule has 0 aliphatic carbocycles. The number of quaternary nitrogens is 1. The molecule has 0 saturated carbocycles. The van der Waals surface area contributed by atoms with E-state index in [0.717, 1.165) is 51.4 Å². The largest absolute Gasteiger partial charge is 0.756 e. The van der Waals surface area contributed by atoms with Crippen molar-refractivity contribution < 1.29 is 42.1 Å². The third-order valence-electron chi connectivity index (χ3n) is 8.48. The molecule has 0 N–H and O–H groups in total.